The largest absolute Gasteiger partial charge is 0.534 e. The van der Waals surface area contributed by atoms with E-state index in [1.54, 1.807) is 35.1 Å². The first-order chi connectivity index (χ1) is 11.2. The Morgan fingerprint density at radius 2 is 1.54 bits per heavy atom. The Hall–Kier alpha value is -1.69. The molecule has 1 aliphatic heterocycles. The molecule has 10 heteroatoms. The zero-order valence-corrected chi connectivity index (χ0v) is 14.6. The minimum absolute atomic E-state index is 0.225. The van der Waals surface area contributed by atoms with Crippen LogP contribution in [0.2, 0.25) is 0 Å². The Balaban J connectivity index is 1.90. The van der Waals surface area contributed by atoms with Crippen LogP contribution in [0.15, 0.2) is 36.4 Å². The van der Waals surface area contributed by atoms with E-state index in [2.05, 4.69) is 4.18 Å². The van der Waals surface area contributed by atoms with Gasteiger partial charge in [0.05, 0.1) is 0 Å². The zero-order chi connectivity index (χ0) is 17.5. The van der Waals surface area contributed by atoms with E-state index in [0.717, 1.165) is 17.7 Å². The van der Waals surface area contributed by atoms with E-state index in [9.17, 15) is 21.6 Å². The molecule has 0 bridgehead atoms. The molecule has 2 aromatic carbocycles. The molecular weight excluding hydrogens is 464 g/mol. The molecule has 0 aliphatic carbocycles. The summed E-state index contributed by atoms with van der Waals surface area (Å²) < 4.78 is 74.1. The summed E-state index contributed by atoms with van der Waals surface area (Å²) >= 11 is 1.71. The smallest absolute Gasteiger partial charge is 0.456 e. The second-order valence-electron chi connectivity index (χ2n) is 4.88. The molecule has 0 spiro atoms. The zero-order valence-electron chi connectivity index (χ0n) is 11.6. The van der Waals surface area contributed by atoms with Crippen molar-refractivity contribution in [2.45, 2.75) is 11.9 Å². The second kappa shape index (κ2) is 5.99. The van der Waals surface area contributed by atoms with Gasteiger partial charge in [-0.2, -0.15) is 21.6 Å². The van der Waals surface area contributed by atoms with Crippen LogP contribution < -0.4 is 12.0 Å². The predicted molar refractivity (Wildman–Crippen MR) is 86.0 cm³/mol. The first-order valence-electron chi connectivity index (χ1n) is 6.43. The third-order valence-electron chi connectivity index (χ3n) is 3.26. The normalized spacial score (nSPS) is 13.5. The van der Waals surface area contributed by atoms with Crippen molar-refractivity contribution in [3.05, 3.63) is 47.5 Å². The van der Waals surface area contributed by atoms with Gasteiger partial charge >= 0.3 is 15.6 Å². The van der Waals surface area contributed by atoms with Gasteiger partial charge < -0.3 is 12.0 Å². The Morgan fingerprint density at radius 3 is 2.08 bits per heavy atom. The highest BCUT2D eigenvalue weighted by Gasteiger charge is 2.48. The number of halogens is 4. The van der Waals surface area contributed by atoms with Crippen molar-refractivity contribution < 1.29 is 33.6 Å². The number of hydrogen-bond acceptors (Lipinski definition) is 5. The van der Waals surface area contributed by atoms with Crippen LogP contribution in [0.4, 0.5) is 13.2 Å². The summed E-state index contributed by atoms with van der Waals surface area (Å²) in [7, 11) is -5.73. The van der Waals surface area contributed by atoms with E-state index in [4.69, 9.17) is 7.80 Å². The van der Waals surface area contributed by atoms with Crippen molar-refractivity contribution >= 4 is 33.1 Å². The number of alkyl halides is 3. The molecule has 1 aliphatic rings. The van der Waals surface area contributed by atoms with Crippen molar-refractivity contribution in [1.29, 1.82) is 0 Å². The van der Waals surface area contributed by atoms with E-state index in [-0.39, 0.29) is 5.75 Å². The maximum atomic E-state index is 12.4. The standard InChI is InChI=1S/C14H8F3IO5S/c15-14(16,17)24(19,20)23-11-4-2-9-5-8-1-3-10(22-18)6-12(8)21-13(9)7-11/h1-4,6-7H,5H2. The van der Waals surface area contributed by atoms with Crippen LogP contribution in [0.5, 0.6) is 23.0 Å². The Labute approximate surface area is 149 Å². The molecule has 0 unspecified atom stereocenters. The van der Waals surface area contributed by atoms with Gasteiger partial charge in [0.1, 0.15) is 23.0 Å². The Morgan fingerprint density at radius 1 is 1.00 bits per heavy atom. The minimum atomic E-state index is -5.73. The van der Waals surface area contributed by atoms with E-state index in [0.29, 0.717) is 23.5 Å². The highest BCUT2D eigenvalue weighted by molar-refractivity contribution is 14.1. The first kappa shape index (κ1) is 17.1. The summed E-state index contributed by atoms with van der Waals surface area (Å²) in [5.74, 6) is 0.774. The van der Waals surface area contributed by atoms with Gasteiger partial charge in [-0.05, 0) is 23.3 Å². The molecule has 3 rings (SSSR count). The molecule has 0 radical (unpaired) electrons. The average molecular weight is 472 g/mol. The summed E-state index contributed by atoms with van der Waals surface area (Å²) in [5, 5.41) is 0. The number of benzene rings is 2. The summed E-state index contributed by atoms with van der Waals surface area (Å²) in [6, 6.07) is 8.92. The minimum Gasteiger partial charge on any atom is -0.456 e. The van der Waals surface area contributed by atoms with Crippen LogP contribution >= 0.6 is 23.0 Å². The van der Waals surface area contributed by atoms with Crippen LogP contribution in [0.1, 0.15) is 11.1 Å². The van der Waals surface area contributed by atoms with Crippen LogP contribution in [0.3, 0.4) is 0 Å². The van der Waals surface area contributed by atoms with Gasteiger partial charge in [0.15, 0.2) is 23.0 Å². The lowest BCUT2D eigenvalue weighted by atomic mass is 10.0. The van der Waals surface area contributed by atoms with Gasteiger partial charge in [-0.1, -0.05) is 12.1 Å². The molecule has 0 amide bonds. The molecule has 24 heavy (non-hydrogen) atoms. The highest BCUT2D eigenvalue weighted by atomic mass is 127. The van der Waals surface area contributed by atoms with E-state index in [1.165, 1.54) is 6.07 Å². The number of hydrogen-bond donors (Lipinski definition) is 0. The summed E-state index contributed by atoms with van der Waals surface area (Å²) in [4.78, 5) is 0. The summed E-state index contributed by atoms with van der Waals surface area (Å²) in [6.45, 7) is 0. The average Bonchev–Trinajstić information content (AvgIpc) is 2.50. The number of fused-ring (bicyclic) bond motifs is 2. The molecule has 0 atom stereocenters. The Kier molecular flexibility index (Phi) is 4.28. The fourth-order valence-electron chi connectivity index (χ4n) is 2.15. The molecular formula is C14H8F3IO5S. The third-order valence-corrected chi connectivity index (χ3v) is 4.74. The number of ether oxygens (including phenoxy) is 1. The van der Waals surface area contributed by atoms with Gasteiger partial charge in [0.25, 0.3) is 0 Å². The molecule has 0 saturated heterocycles. The summed E-state index contributed by atoms with van der Waals surface area (Å²) in [5.41, 5.74) is -3.93. The fraction of sp³-hybridized carbons (Fsp3) is 0.143. The topological polar surface area (TPSA) is 61.8 Å². The monoisotopic (exact) mass is 472 g/mol. The van der Waals surface area contributed by atoms with Crippen molar-refractivity contribution in [3.8, 4) is 23.0 Å². The van der Waals surface area contributed by atoms with Crippen LogP contribution in [-0.4, -0.2) is 13.9 Å². The SMILES string of the molecule is O=S(=O)(Oc1ccc2c(c1)Oc1cc(OI)ccc1C2)C(F)(F)F. The van der Waals surface area contributed by atoms with Gasteiger partial charge in [-0.3, -0.25) is 0 Å². The maximum absolute atomic E-state index is 12.4. The van der Waals surface area contributed by atoms with Gasteiger partial charge in [-0.15, -0.1) is 0 Å². The predicted octanol–water partition coefficient (Wildman–Crippen LogP) is 4.34. The van der Waals surface area contributed by atoms with Gasteiger partial charge in [0, 0.05) is 18.6 Å². The van der Waals surface area contributed by atoms with Gasteiger partial charge in [0.2, 0.25) is 0 Å². The van der Waals surface area contributed by atoms with Crippen LogP contribution in [0, 0.1) is 0 Å². The molecule has 2 aromatic rings. The van der Waals surface area contributed by atoms with E-state index < -0.39 is 21.4 Å². The summed E-state index contributed by atoms with van der Waals surface area (Å²) in [6.07, 6.45) is 0.485. The van der Waals surface area contributed by atoms with E-state index in [1.807, 2.05) is 6.07 Å². The van der Waals surface area contributed by atoms with Crippen LogP contribution in [0.25, 0.3) is 0 Å². The van der Waals surface area contributed by atoms with E-state index >= 15 is 0 Å². The maximum Gasteiger partial charge on any atom is 0.534 e. The first-order valence-corrected chi connectivity index (χ1v) is 8.71. The molecule has 1 heterocycles. The second-order valence-corrected chi connectivity index (χ2v) is 6.86. The Bertz CT molecular complexity index is 896. The lowest BCUT2D eigenvalue weighted by Crippen LogP contribution is -2.28. The van der Waals surface area contributed by atoms with Crippen molar-refractivity contribution in [2.24, 2.45) is 0 Å². The quantitative estimate of drug-likeness (QED) is 0.323. The third kappa shape index (κ3) is 3.24. The molecule has 0 N–H and O–H groups in total. The lowest BCUT2D eigenvalue weighted by Gasteiger charge is -2.21. The van der Waals surface area contributed by atoms with Gasteiger partial charge in [-0.25, -0.2) is 0 Å². The van der Waals surface area contributed by atoms with Crippen molar-refractivity contribution in [3.63, 3.8) is 0 Å². The van der Waals surface area contributed by atoms with Crippen LogP contribution in [-0.2, 0) is 16.5 Å². The fourth-order valence-corrected chi connectivity index (χ4v) is 2.87. The van der Waals surface area contributed by atoms with Crippen molar-refractivity contribution in [1.82, 2.24) is 0 Å². The molecule has 5 nitrogen and oxygen atoms in total. The lowest BCUT2D eigenvalue weighted by molar-refractivity contribution is -0.0500. The molecule has 0 saturated carbocycles. The highest BCUT2D eigenvalue weighted by Crippen LogP contribution is 2.40. The molecule has 0 fully saturated rings. The van der Waals surface area contributed by atoms with Crippen molar-refractivity contribution in [2.75, 3.05) is 0 Å². The number of rotatable bonds is 3. The molecule has 0 aromatic heterocycles. The molecule has 128 valence electrons.